The van der Waals surface area contributed by atoms with E-state index in [2.05, 4.69) is 27.8 Å². The molecule has 100 valence electrons. The minimum atomic E-state index is -0.457. The summed E-state index contributed by atoms with van der Waals surface area (Å²) in [5.41, 5.74) is 0.954. The Labute approximate surface area is 117 Å². The van der Waals surface area contributed by atoms with Gasteiger partial charge in [0.15, 0.2) is 0 Å². The predicted molar refractivity (Wildman–Crippen MR) is 75.6 cm³/mol. The fourth-order valence-corrected chi connectivity index (χ4v) is 2.83. The van der Waals surface area contributed by atoms with E-state index in [9.17, 15) is 5.11 Å². The van der Waals surface area contributed by atoms with Crippen LogP contribution in [0.5, 0.6) is 0 Å². The Morgan fingerprint density at radius 1 is 1.44 bits per heavy atom. The molecule has 0 spiro atoms. The second kappa shape index (κ2) is 6.66. The van der Waals surface area contributed by atoms with Gasteiger partial charge in [0.1, 0.15) is 0 Å². The SMILES string of the molecule is CC1CCOCCN1CC(O)c1ccccc1Br. The van der Waals surface area contributed by atoms with Gasteiger partial charge in [0.05, 0.1) is 12.7 Å². The van der Waals surface area contributed by atoms with Crippen LogP contribution in [0.2, 0.25) is 0 Å². The minimum Gasteiger partial charge on any atom is -0.387 e. The van der Waals surface area contributed by atoms with Crippen LogP contribution in [0.25, 0.3) is 0 Å². The maximum atomic E-state index is 10.4. The van der Waals surface area contributed by atoms with Gasteiger partial charge in [-0.3, -0.25) is 4.90 Å². The van der Waals surface area contributed by atoms with Crippen LogP contribution in [0.4, 0.5) is 0 Å². The molecule has 0 saturated carbocycles. The quantitative estimate of drug-likeness (QED) is 0.931. The summed E-state index contributed by atoms with van der Waals surface area (Å²) in [6.45, 7) is 5.33. The third-order valence-corrected chi connectivity index (χ3v) is 4.22. The fourth-order valence-electron chi connectivity index (χ4n) is 2.28. The van der Waals surface area contributed by atoms with Gasteiger partial charge in [-0.05, 0) is 25.0 Å². The first-order chi connectivity index (χ1) is 8.68. The topological polar surface area (TPSA) is 32.7 Å². The van der Waals surface area contributed by atoms with Crippen LogP contribution in [0.3, 0.4) is 0 Å². The molecule has 1 N–H and O–H groups in total. The van der Waals surface area contributed by atoms with E-state index in [1.54, 1.807) is 0 Å². The number of aliphatic hydroxyl groups is 1. The number of β-amino-alcohol motifs (C(OH)–C–C–N with tert-alkyl or cyclic N) is 1. The summed E-state index contributed by atoms with van der Waals surface area (Å²) in [4.78, 5) is 2.30. The second-order valence-electron chi connectivity index (χ2n) is 4.78. The Balaban J connectivity index is 2.02. The van der Waals surface area contributed by atoms with Crippen LogP contribution in [0.1, 0.15) is 25.0 Å². The molecule has 2 unspecified atom stereocenters. The lowest BCUT2D eigenvalue weighted by molar-refractivity contribution is 0.0880. The van der Waals surface area contributed by atoms with Gasteiger partial charge in [-0.2, -0.15) is 0 Å². The molecule has 18 heavy (non-hydrogen) atoms. The second-order valence-corrected chi connectivity index (χ2v) is 5.64. The Morgan fingerprint density at radius 3 is 3.00 bits per heavy atom. The van der Waals surface area contributed by atoms with Crippen molar-refractivity contribution in [2.24, 2.45) is 0 Å². The molecule has 1 aliphatic heterocycles. The molecule has 1 aromatic rings. The van der Waals surface area contributed by atoms with Gasteiger partial charge >= 0.3 is 0 Å². The molecule has 2 atom stereocenters. The summed E-state index contributed by atoms with van der Waals surface area (Å²) < 4.78 is 6.44. The first-order valence-corrected chi connectivity index (χ1v) is 7.22. The zero-order valence-electron chi connectivity index (χ0n) is 10.7. The highest BCUT2D eigenvalue weighted by molar-refractivity contribution is 9.10. The zero-order valence-corrected chi connectivity index (χ0v) is 12.3. The molecule has 4 heteroatoms. The molecule has 1 aromatic carbocycles. The van der Waals surface area contributed by atoms with Gasteiger partial charge in [-0.15, -0.1) is 0 Å². The Kier molecular flexibility index (Phi) is 5.18. The molecule has 3 nitrogen and oxygen atoms in total. The van der Waals surface area contributed by atoms with Crippen molar-refractivity contribution in [3.05, 3.63) is 34.3 Å². The summed E-state index contributed by atoms with van der Waals surface area (Å²) in [6, 6.07) is 8.31. The maximum Gasteiger partial charge on any atom is 0.0927 e. The van der Waals surface area contributed by atoms with Crippen molar-refractivity contribution in [1.29, 1.82) is 0 Å². The number of rotatable bonds is 3. The number of aliphatic hydroxyl groups excluding tert-OH is 1. The van der Waals surface area contributed by atoms with Gasteiger partial charge in [0.2, 0.25) is 0 Å². The van der Waals surface area contributed by atoms with Crippen LogP contribution in [-0.2, 0) is 4.74 Å². The largest absolute Gasteiger partial charge is 0.387 e. The van der Waals surface area contributed by atoms with Crippen LogP contribution < -0.4 is 0 Å². The lowest BCUT2D eigenvalue weighted by Gasteiger charge is -2.28. The standard InChI is InChI=1S/C14H20BrNO2/c1-11-6-8-18-9-7-16(11)10-14(17)12-4-2-3-5-13(12)15/h2-5,11,14,17H,6-10H2,1H3. The molecule has 1 aliphatic rings. The van der Waals surface area contributed by atoms with E-state index in [1.165, 1.54) is 0 Å². The van der Waals surface area contributed by atoms with Crippen molar-refractivity contribution in [3.8, 4) is 0 Å². The van der Waals surface area contributed by atoms with Crippen molar-refractivity contribution in [1.82, 2.24) is 4.90 Å². The maximum absolute atomic E-state index is 10.4. The van der Waals surface area contributed by atoms with Crippen molar-refractivity contribution >= 4 is 15.9 Å². The molecule has 0 aromatic heterocycles. The molecule has 1 heterocycles. The number of halogens is 1. The molecule has 1 saturated heterocycles. The van der Waals surface area contributed by atoms with Crippen LogP contribution in [-0.4, -0.2) is 42.4 Å². The van der Waals surface area contributed by atoms with Gasteiger partial charge in [0.25, 0.3) is 0 Å². The molecule has 1 fully saturated rings. The average Bonchev–Trinajstić information content (AvgIpc) is 2.55. The Hall–Kier alpha value is -0.420. The molecule has 0 bridgehead atoms. The van der Waals surface area contributed by atoms with Crippen LogP contribution in [0.15, 0.2) is 28.7 Å². The smallest absolute Gasteiger partial charge is 0.0927 e. The van der Waals surface area contributed by atoms with Gasteiger partial charge < -0.3 is 9.84 Å². The highest BCUT2D eigenvalue weighted by Gasteiger charge is 2.21. The van der Waals surface area contributed by atoms with Crippen LogP contribution in [0, 0.1) is 0 Å². The summed E-state index contributed by atoms with van der Waals surface area (Å²) in [6.07, 6.45) is 0.573. The molecule has 2 rings (SSSR count). The minimum absolute atomic E-state index is 0.457. The summed E-state index contributed by atoms with van der Waals surface area (Å²) >= 11 is 3.49. The van der Waals surface area contributed by atoms with E-state index >= 15 is 0 Å². The van der Waals surface area contributed by atoms with Crippen molar-refractivity contribution < 1.29 is 9.84 Å². The summed E-state index contributed by atoms with van der Waals surface area (Å²) in [7, 11) is 0. The van der Waals surface area contributed by atoms with E-state index in [0.29, 0.717) is 12.6 Å². The lowest BCUT2D eigenvalue weighted by atomic mass is 10.1. The van der Waals surface area contributed by atoms with E-state index in [1.807, 2.05) is 24.3 Å². The van der Waals surface area contributed by atoms with E-state index in [-0.39, 0.29) is 0 Å². The first-order valence-electron chi connectivity index (χ1n) is 6.43. The molecule has 0 amide bonds. The summed E-state index contributed by atoms with van der Waals surface area (Å²) in [5, 5.41) is 10.4. The van der Waals surface area contributed by atoms with Crippen molar-refractivity contribution in [2.75, 3.05) is 26.3 Å². The lowest BCUT2D eigenvalue weighted by Crippen LogP contribution is -2.37. The zero-order chi connectivity index (χ0) is 13.0. The van der Waals surface area contributed by atoms with Crippen molar-refractivity contribution in [3.63, 3.8) is 0 Å². The van der Waals surface area contributed by atoms with Gasteiger partial charge in [-0.25, -0.2) is 0 Å². The van der Waals surface area contributed by atoms with Gasteiger partial charge in [-0.1, -0.05) is 34.1 Å². The van der Waals surface area contributed by atoms with Crippen molar-refractivity contribution in [2.45, 2.75) is 25.5 Å². The molecule has 0 radical (unpaired) electrons. The highest BCUT2D eigenvalue weighted by atomic mass is 79.9. The molecular weight excluding hydrogens is 294 g/mol. The number of hydrogen-bond donors (Lipinski definition) is 1. The van der Waals surface area contributed by atoms with Crippen LogP contribution >= 0.6 is 15.9 Å². The monoisotopic (exact) mass is 313 g/mol. The van der Waals surface area contributed by atoms with Gasteiger partial charge in [0, 0.05) is 30.2 Å². The van der Waals surface area contributed by atoms with E-state index < -0.39 is 6.10 Å². The normalized spacial score (nSPS) is 23.6. The Morgan fingerprint density at radius 2 is 2.22 bits per heavy atom. The molecule has 0 aliphatic carbocycles. The number of nitrogens with zero attached hydrogens (tertiary/aromatic N) is 1. The number of ether oxygens (including phenoxy) is 1. The van der Waals surface area contributed by atoms with E-state index in [4.69, 9.17) is 4.74 Å². The summed E-state index contributed by atoms with van der Waals surface area (Å²) in [5.74, 6) is 0. The van der Waals surface area contributed by atoms with E-state index in [0.717, 1.165) is 36.2 Å². The predicted octanol–water partition coefficient (Wildman–Crippen LogP) is 2.59. The highest BCUT2D eigenvalue weighted by Crippen LogP contribution is 2.24. The molecular formula is C14H20BrNO2. The third-order valence-electron chi connectivity index (χ3n) is 3.50. The number of hydrogen-bond acceptors (Lipinski definition) is 3. The Bertz CT molecular complexity index is 386. The fraction of sp³-hybridized carbons (Fsp3) is 0.571. The average molecular weight is 314 g/mol. The third kappa shape index (κ3) is 3.54. The number of benzene rings is 1. The first kappa shape index (κ1) is 14.0.